The maximum atomic E-state index is 11.6. The quantitative estimate of drug-likeness (QED) is 0.758. The van der Waals surface area contributed by atoms with E-state index in [0.717, 1.165) is 5.69 Å². The highest BCUT2D eigenvalue weighted by molar-refractivity contribution is 5.86. The van der Waals surface area contributed by atoms with Gasteiger partial charge >= 0.3 is 0 Å². The average molecular weight is 204 g/mol. The van der Waals surface area contributed by atoms with Crippen LogP contribution in [-0.4, -0.2) is 11.4 Å². The van der Waals surface area contributed by atoms with Crippen LogP contribution in [0.3, 0.4) is 0 Å². The predicted octanol–water partition coefficient (Wildman–Crippen LogP) is 1.95. The summed E-state index contributed by atoms with van der Waals surface area (Å²) in [6.07, 6.45) is 0. The Morgan fingerprint density at radius 2 is 1.87 bits per heavy atom. The van der Waals surface area contributed by atoms with Crippen molar-refractivity contribution in [2.45, 2.75) is 26.3 Å². The highest BCUT2D eigenvalue weighted by atomic mass is 16.2. The van der Waals surface area contributed by atoms with E-state index in [0.29, 0.717) is 0 Å². The van der Waals surface area contributed by atoms with Crippen LogP contribution in [0.2, 0.25) is 0 Å². The maximum absolute atomic E-state index is 11.6. The van der Waals surface area contributed by atoms with Gasteiger partial charge in [-0.3, -0.25) is 15.2 Å². The van der Waals surface area contributed by atoms with Gasteiger partial charge in [0.25, 0.3) is 0 Å². The SMILES string of the molecule is CC1C(=O)NN(c2ccccc2)C1(C)C. The van der Waals surface area contributed by atoms with Crippen LogP contribution in [0.25, 0.3) is 0 Å². The molecule has 1 N–H and O–H groups in total. The van der Waals surface area contributed by atoms with Gasteiger partial charge in [-0.2, -0.15) is 0 Å². The van der Waals surface area contributed by atoms with E-state index in [2.05, 4.69) is 19.3 Å². The Labute approximate surface area is 90.1 Å². The number of anilines is 1. The molecule has 1 fully saturated rings. The molecule has 0 radical (unpaired) electrons. The summed E-state index contributed by atoms with van der Waals surface area (Å²) in [6, 6.07) is 9.92. The molecule has 1 heterocycles. The zero-order chi connectivity index (χ0) is 11.1. The van der Waals surface area contributed by atoms with Crippen molar-refractivity contribution in [3.8, 4) is 0 Å². The lowest BCUT2D eigenvalue weighted by Crippen LogP contribution is -2.46. The van der Waals surface area contributed by atoms with Crippen molar-refractivity contribution in [2.24, 2.45) is 5.92 Å². The first-order valence-electron chi connectivity index (χ1n) is 5.19. The molecule has 0 saturated carbocycles. The maximum Gasteiger partial charge on any atom is 0.243 e. The van der Waals surface area contributed by atoms with Crippen molar-refractivity contribution in [3.05, 3.63) is 30.3 Å². The fourth-order valence-corrected chi connectivity index (χ4v) is 1.84. The van der Waals surface area contributed by atoms with Crippen molar-refractivity contribution >= 4 is 11.6 Å². The highest BCUT2D eigenvalue weighted by Gasteiger charge is 2.44. The number of hydrogen-bond acceptors (Lipinski definition) is 2. The van der Waals surface area contributed by atoms with E-state index >= 15 is 0 Å². The van der Waals surface area contributed by atoms with Crippen LogP contribution < -0.4 is 10.4 Å². The van der Waals surface area contributed by atoms with Crippen LogP contribution in [0.5, 0.6) is 0 Å². The molecule has 1 aliphatic heterocycles. The zero-order valence-electron chi connectivity index (χ0n) is 9.32. The first-order valence-corrected chi connectivity index (χ1v) is 5.19. The Morgan fingerprint density at radius 1 is 1.27 bits per heavy atom. The third-order valence-electron chi connectivity index (χ3n) is 3.27. The van der Waals surface area contributed by atoms with E-state index < -0.39 is 0 Å². The monoisotopic (exact) mass is 204 g/mol. The highest BCUT2D eigenvalue weighted by Crippen LogP contribution is 2.32. The third-order valence-corrected chi connectivity index (χ3v) is 3.27. The molecule has 3 heteroatoms. The van der Waals surface area contributed by atoms with Gasteiger partial charge in [0.1, 0.15) is 0 Å². The summed E-state index contributed by atoms with van der Waals surface area (Å²) in [6.45, 7) is 6.10. The van der Waals surface area contributed by atoms with Crippen molar-refractivity contribution < 1.29 is 4.79 Å². The molecule has 80 valence electrons. The van der Waals surface area contributed by atoms with Crippen LogP contribution in [0, 0.1) is 5.92 Å². The third kappa shape index (κ3) is 1.48. The van der Waals surface area contributed by atoms with Crippen molar-refractivity contribution in [1.82, 2.24) is 5.43 Å². The number of carbonyl (C=O) groups is 1. The topological polar surface area (TPSA) is 32.3 Å². The summed E-state index contributed by atoms with van der Waals surface area (Å²) in [5.41, 5.74) is 3.75. The molecule has 1 amide bonds. The van der Waals surface area contributed by atoms with Crippen LogP contribution in [0.1, 0.15) is 20.8 Å². The number of para-hydroxylation sites is 1. The lowest BCUT2D eigenvalue weighted by Gasteiger charge is -2.33. The predicted molar refractivity (Wildman–Crippen MR) is 60.3 cm³/mol. The molecule has 0 aromatic heterocycles. The average Bonchev–Trinajstić information content (AvgIpc) is 2.43. The van der Waals surface area contributed by atoms with E-state index in [-0.39, 0.29) is 17.4 Å². The lowest BCUT2D eigenvalue weighted by molar-refractivity contribution is -0.122. The summed E-state index contributed by atoms with van der Waals surface area (Å²) in [4.78, 5) is 11.6. The Balaban J connectivity index is 2.36. The fourth-order valence-electron chi connectivity index (χ4n) is 1.84. The molecule has 0 aliphatic carbocycles. The molecule has 1 unspecified atom stereocenters. The number of nitrogens with zero attached hydrogens (tertiary/aromatic N) is 1. The second kappa shape index (κ2) is 3.26. The van der Waals surface area contributed by atoms with Gasteiger partial charge in [0.15, 0.2) is 0 Å². The van der Waals surface area contributed by atoms with E-state index in [1.54, 1.807) is 0 Å². The van der Waals surface area contributed by atoms with Gasteiger partial charge in [0, 0.05) is 0 Å². The van der Waals surface area contributed by atoms with Crippen molar-refractivity contribution in [3.63, 3.8) is 0 Å². The van der Waals surface area contributed by atoms with E-state index in [1.165, 1.54) is 0 Å². The van der Waals surface area contributed by atoms with Gasteiger partial charge in [-0.05, 0) is 26.0 Å². The van der Waals surface area contributed by atoms with Crippen LogP contribution in [0.15, 0.2) is 30.3 Å². The molecule has 1 atom stereocenters. The number of rotatable bonds is 1. The minimum atomic E-state index is -0.182. The molecule has 0 bridgehead atoms. The molecule has 3 nitrogen and oxygen atoms in total. The first kappa shape index (κ1) is 10.0. The van der Waals surface area contributed by atoms with Gasteiger partial charge in [-0.15, -0.1) is 0 Å². The van der Waals surface area contributed by atoms with Crippen LogP contribution in [0.4, 0.5) is 5.69 Å². The summed E-state index contributed by atoms with van der Waals surface area (Å²) >= 11 is 0. The van der Waals surface area contributed by atoms with Crippen LogP contribution >= 0.6 is 0 Å². The molecule has 15 heavy (non-hydrogen) atoms. The van der Waals surface area contributed by atoms with E-state index in [1.807, 2.05) is 42.3 Å². The molecule has 1 aromatic carbocycles. The van der Waals surface area contributed by atoms with Gasteiger partial charge < -0.3 is 0 Å². The minimum absolute atomic E-state index is 0.00212. The number of nitrogens with one attached hydrogen (secondary N) is 1. The molecule has 1 saturated heterocycles. The Kier molecular flexibility index (Phi) is 2.18. The number of carbonyl (C=O) groups excluding carboxylic acids is 1. The second-order valence-electron chi connectivity index (χ2n) is 4.52. The molecule has 1 aliphatic rings. The molecular weight excluding hydrogens is 188 g/mol. The van der Waals surface area contributed by atoms with Gasteiger partial charge in [-0.25, -0.2) is 0 Å². The first-order chi connectivity index (χ1) is 7.03. The van der Waals surface area contributed by atoms with E-state index in [9.17, 15) is 4.79 Å². The standard InChI is InChI=1S/C12H16N2O/c1-9-11(15)13-14(12(9,2)3)10-7-5-4-6-8-10/h4-9H,1-3H3,(H,13,15). The fraction of sp³-hybridized carbons (Fsp3) is 0.417. The molecule has 2 rings (SSSR count). The van der Waals surface area contributed by atoms with Gasteiger partial charge in [-0.1, -0.05) is 25.1 Å². The second-order valence-corrected chi connectivity index (χ2v) is 4.52. The number of hydrazine groups is 1. The summed E-state index contributed by atoms with van der Waals surface area (Å²) in [5, 5.41) is 1.94. The number of amides is 1. The van der Waals surface area contributed by atoms with E-state index in [4.69, 9.17) is 0 Å². The molecule has 1 aromatic rings. The minimum Gasteiger partial charge on any atom is -0.279 e. The summed E-state index contributed by atoms with van der Waals surface area (Å²) in [5.74, 6) is 0.0848. The molecule has 0 spiro atoms. The molecular formula is C12H16N2O. The lowest BCUT2D eigenvalue weighted by atomic mass is 9.90. The Morgan fingerprint density at radius 3 is 2.33 bits per heavy atom. The van der Waals surface area contributed by atoms with Crippen LogP contribution in [-0.2, 0) is 4.79 Å². The van der Waals surface area contributed by atoms with Crippen molar-refractivity contribution in [1.29, 1.82) is 0 Å². The summed E-state index contributed by atoms with van der Waals surface area (Å²) < 4.78 is 0. The largest absolute Gasteiger partial charge is 0.279 e. The number of benzene rings is 1. The smallest absolute Gasteiger partial charge is 0.243 e. The zero-order valence-corrected chi connectivity index (χ0v) is 9.32. The Bertz CT molecular complexity index is 372. The Hall–Kier alpha value is -1.51. The normalized spacial score (nSPS) is 24.1. The van der Waals surface area contributed by atoms with Crippen molar-refractivity contribution in [2.75, 3.05) is 5.01 Å². The van der Waals surface area contributed by atoms with Gasteiger partial charge in [0.2, 0.25) is 5.91 Å². The number of hydrogen-bond donors (Lipinski definition) is 1. The summed E-state index contributed by atoms with van der Waals surface area (Å²) in [7, 11) is 0. The van der Waals surface area contributed by atoms with Gasteiger partial charge in [0.05, 0.1) is 17.1 Å².